The number of nitrogens with zero attached hydrogens (tertiary/aromatic N) is 1. The highest BCUT2D eigenvalue weighted by atomic mass is 16.5. The van der Waals surface area contributed by atoms with E-state index in [1.165, 1.54) is 5.69 Å². The molecule has 3 heteroatoms. The van der Waals surface area contributed by atoms with E-state index in [2.05, 4.69) is 30.9 Å². The number of rotatable bonds is 7. The molecule has 0 atom stereocenters. The third-order valence-corrected chi connectivity index (χ3v) is 3.82. The van der Waals surface area contributed by atoms with Crippen LogP contribution in [0.15, 0.2) is 54.6 Å². The van der Waals surface area contributed by atoms with Crippen molar-refractivity contribution in [3.8, 4) is 5.75 Å². The quantitative estimate of drug-likeness (QED) is 0.559. The largest absolute Gasteiger partial charge is 0.496 e. The maximum atomic E-state index is 12.3. The molecule has 0 heterocycles. The molecule has 0 radical (unpaired) electrons. The highest BCUT2D eigenvalue weighted by molar-refractivity contribution is 6.08. The second-order valence-corrected chi connectivity index (χ2v) is 5.16. The molecule has 0 aliphatic heterocycles. The fourth-order valence-corrected chi connectivity index (χ4v) is 2.49. The van der Waals surface area contributed by atoms with Gasteiger partial charge in [0.15, 0.2) is 5.78 Å². The molecule has 0 saturated heterocycles. The zero-order chi connectivity index (χ0) is 16.7. The molecule has 0 unspecified atom stereocenters. The Morgan fingerprint density at radius 2 is 1.70 bits per heavy atom. The number of methoxy groups -OCH3 is 1. The van der Waals surface area contributed by atoms with Gasteiger partial charge in [-0.25, -0.2) is 0 Å². The minimum Gasteiger partial charge on any atom is -0.496 e. The SMILES string of the molecule is CCN(CC)c1ccc(/C=C/C(=O)c2ccccc2OC)cc1. The zero-order valence-electron chi connectivity index (χ0n) is 14.0. The van der Waals surface area contributed by atoms with E-state index in [0.29, 0.717) is 11.3 Å². The summed E-state index contributed by atoms with van der Waals surface area (Å²) >= 11 is 0. The third-order valence-electron chi connectivity index (χ3n) is 3.82. The lowest BCUT2D eigenvalue weighted by atomic mass is 10.1. The predicted octanol–water partition coefficient (Wildman–Crippen LogP) is 4.44. The van der Waals surface area contributed by atoms with Crippen LogP contribution in [-0.2, 0) is 0 Å². The molecule has 0 aromatic heterocycles. The third kappa shape index (κ3) is 4.22. The lowest BCUT2D eigenvalue weighted by Gasteiger charge is -2.20. The minimum atomic E-state index is -0.0599. The van der Waals surface area contributed by atoms with Gasteiger partial charge in [-0.1, -0.05) is 30.3 Å². The van der Waals surface area contributed by atoms with Gasteiger partial charge in [0.1, 0.15) is 5.75 Å². The molecule has 23 heavy (non-hydrogen) atoms. The summed E-state index contributed by atoms with van der Waals surface area (Å²) in [6.45, 7) is 6.25. The number of hydrogen-bond acceptors (Lipinski definition) is 3. The Hall–Kier alpha value is -2.55. The van der Waals surface area contributed by atoms with Gasteiger partial charge in [-0.3, -0.25) is 4.79 Å². The van der Waals surface area contributed by atoms with E-state index in [9.17, 15) is 4.79 Å². The number of ketones is 1. The number of anilines is 1. The molecule has 0 fully saturated rings. The van der Waals surface area contributed by atoms with Crippen molar-refractivity contribution < 1.29 is 9.53 Å². The average molecular weight is 309 g/mol. The van der Waals surface area contributed by atoms with Crippen LogP contribution < -0.4 is 9.64 Å². The van der Waals surface area contributed by atoms with Crippen LogP contribution in [0.1, 0.15) is 29.8 Å². The molecule has 0 bridgehead atoms. The fourth-order valence-electron chi connectivity index (χ4n) is 2.49. The van der Waals surface area contributed by atoms with Gasteiger partial charge >= 0.3 is 0 Å². The highest BCUT2D eigenvalue weighted by Crippen LogP contribution is 2.19. The Kier molecular flexibility index (Phi) is 5.98. The summed E-state index contributed by atoms with van der Waals surface area (Å²) in [5.74, 6) is 0.536. The lowest BCUT2D eigenvalue weighted by molar-refractivity contribution is 0.104. The van der Waals surface area contributed by atoms with E-state index >= 15 is 0 Å². The first-order valence-corrected chi connectivity index (χ1v) is 7.90. The van der Waals surface area contributed by atoms with Gasteiger partial charge in [-0.2, -0.15) is 0 Å². The summed E-state index contributed by atoms with van der Waals surface area (Å²) < 4.78 is 5.23. The summed E-state index contributed by atoms with van der Waals surface area (Å²) in [6, 6.07) is 15.5. The van der Waals surface area contributed by atoms with Crippen molar-refractivity contribution in [3.05, 3.63) is 65.7 Å². The van der Waals surface area contributed by atoms with Gasteiger partial charge in [0.25, 0.3) is 0 Å². The van der Waals surface area contributed by atoms with E-state index in [0.717, 1.165) is 18.7 Å². The van der Waals surface area contributed by atoms with Crippen molar-refractivity contribution in [1.82, 2.24) is 0 Å². The number of allylic oxidation sites excluding steroid dienone is 1. The van der Waals surface area contributed by atoms with Crippen LogP contribution in [0.2, 0.25) is 0 Å². The first-order valence-electron chi connectivity index (χ1n) is 7.90. The van der Waals surface area contributed by atoms with Crippen LogP contribution in [0.4, 0.5) is 5.69 Å². The van der Waals surface area contributed by atoms with Gasteiger partial charge in [-0.15, -0.1) is 0 Å². The molecule has 2 rings (SSSR count). The van der Waals surface area contributed by atoms with Crippen LogP contribution in [0, 0.1) is 0 Å². The smallest absolute Gasteiger partial charge is 0.189 e. The highest BCUT2D eigenvalue weighted by Gasteiger charge is 2.08. The summed E-state index contributed by atoms with van der Waals surface area (Å²) in [6.07, 6.45) is 3.42. The zero-order valence-corrected chi connectivity index (χ0v) is 14.0. The van der Waals surface area contributed by atoms with Gasteiger partial charge < -0.3 is 9.64 Å². The van der Waals surface area contributed by atoms with Crippen LogP contribution in [-0.4, -0.2) is 26.0 Å². The molecular formula is C20H23NO2. The Labute approximate surface area is 138 Å². The first-order chi connectivity index (χ1) is 11.2. The lowest BCUT2D eigenvalue weighted by Crippen LogP contribution is -2.21. The first kappa shape index (κ1) is 16.8. The second-order valence-electron chi connectivity index (χ2n) is 5.16. The van der Waals surface area contributed by atoms with Crippen LogP contribution in [0.25, 0.3) is 6.08 Å². The maximum absolute atomic E-state index is 12.3. The molecule has 2 aromatic rings. The fraction of sp³-hybridized carbons (Fsp3) is 0.250. The van der Waals surface area contributed by atoms with E-state index in [1.54, 1.807) is 25.3 Å². The van der Waals surface area contributed by atoms with Crippen molar-refractivity contribution in [2.45, 2.75) is 13.8 Å². The van der Waals surface area contributed by atoms with Crippen LogP contribution in [0.3, 0.4) is 0 Å². The molecule has 0 N–H and O–H groups in total. The van der Waals surface area contributed by atoms with E-state index in [-0.39, 0.29) is 5.78 Å². The van der Waals surface area contributed by atoms with Gasteiger partial charge in [-0.05, 0) is 49.8 Å². The standard InChI is InChI=1S/C20H23NO2/c1-4-21(5-2)17-13-10-16(11-14-17)12-15-19(22)18-8-6-7-9-20(18)23-3/h6-15H,4-5H2,1-3H3/b15-12+. The molecule has 0 spiro atoms. The summed E-state index contributed by atoms with van der Waals surface area (Å²) in [4.78, 5) is 14.6. The molecule has 3 nitrogen and oxygen atoms in total. The number of ether oxygens (including phenoxy) is 1. The van der Waals surface area contributed by atoms with Crippen molar-refractivity contribution >= 4 is 17.5 Å². The van der Waals surface area contributed by atoms with Gasteiger partial charge in [0.05, 0.1) is 12.7 Å². The monoisotopic (exact) mass is 309 g/mol. The topological polar surface area (TPSA) is 29.5 Å². The minimum absolute atomic E-state index is 0.0599. The number of hydrogen-bond donors (Lipinski definition) is 0. The van der Waals surface area contributed by atoms with E-state index in [4.69, 9.17) is 4.74 Å². The maximum Gasteiger partial charge on any atom is 0.189 e. The molecule has 2 aromatic carbocycles. The average Bonchev–Trinajstić information content (AvgIpc) is 2.61. The molecule has 0 aliphatic rings. The van der Waals surface area contributed by atoms with Crippen molar-refractivity contribution in [3.63, 3.8) is 0 Å². The van der Waals surface area contributed by atoms with Crippen LogP contribution in [0.5, 0.6) is 5.75 Å². The molecular weight excluding hydrogens is 286 g/mol. The Bertz CT molecular complexity index is 670. The van der Waals surface area contributed by atoms with Crippen LogP contribution >= 0.6 is 0 Å². The normalized spacial score (nSPS) is 10.7. The molecule has 0 amide bonds. The number of para-hydroxylation sites is 1. The Morgan fingerprint density at radius 3 is 2.30 bits per heavy atom. The predicted molar refractivity (Wildman–Crippen MR) is 96.4 cm³/mol. The van der Waals surface area contributed by atoms with Crippen molar-refractivity contribution in [2.24, 2.45) is 0 Å². The van der Waals surface area contributed by atoms with Gasteiger partial charge in [0.2, 0.25) is 0 Å². The number of benzene rings is 2. The summed E-state index contributed by atoms with van der Waals surface area (Å²) in [5, 5.41) is 0. The van der Waals surface area contributed by atoms with Crippen molar-refractivity contribution in [2.75, 3.05) is 25.1 Å². The second kappa shape index (κ2) is 8.18. The summed E-state index contributed by atoms with van der Waals surface area (Å²) in [7, 11) is 1.57. The van der Waals surface area contributed by atoms with E-state index < -0.39 is 0 Å². The van der Waals surface area contributed by atoms with Gasteiger partial charge in [0, 0.05) is 18.8 Å². The summed E-state index contributed by atoms with van der Waals surface area (Å²) in [5.41, 5.74) is 2.78. The Morgan fingerprint density at radius 1 is 1.04 bits per heavy atom. The molecule has 0 saturated carbocycles. The molecule has 0 aliphatic carbocycles. The van der Waals surface area contributed by atoms with E-state index in [1.807, 2.05) is 30.3 Å². The number of carbonyl (C=O) groups is 1. The Balaban J connectivity index is 2.12. The number of carbonyl (C=O) groups excluding carboxylic acids is 1. The molecule has 120 valence electrons. The van der Waals surface area contributed by atoms with Crippen molar-refractivity contribution in [1.29, 1.82) is 0 Å².